The molecule has 7 rings (SSSR count). The van der Waals surface area contributed by atoms with Crippen molar-refractivity contribution in [1.29, 1.82) is 0 Å². The van der Waals surface area contributed by atoms with E-state index in [1.165, 1.54) is 0 Å². The number of rotatable bonds is 5. The number of aryl methyl sites for hydroxylation is 1. The summed E-state index contributed by atoms with van der Waals surface area (Å²) in [6.07, 6.45) is 5.67. The van der Waals surface area contributed by atoms with E-state index in [2.05, 4.69) is 26.0 Å². The average Bonchev–Trinajstić information content (AvgIpc) is 3.45. The number of aromatic nitrogens is 3. The molecule has 1 saturated heterocycles. The van der Waals surface area contributed by atoms with Crippen LogP contribution in [0.5, 0.6) is 0 Å². The van der Waals surface area contributed by atoms with Gasteiger partial charge in [-0.3, -0.25) is 9.59 Å². The molecule has 3 aliphatic rings. The van der Waals surface area contributed by atoms with E-state index in [4.69, 9.17) is 0 Å². The quantitative estimate of drug-likeness (QED) is 0.309. The normalized spacial score (nSPS) is 22.3. The molecule has 4 N–H and O–H groups in total. The molecule has 8 nitrogen and oxygen atoms in total. The molecule has 1 saturated carbocycles. The highest BCUT2D eigenvalue weighted by molar-refractivity contribution is 6.35. The number of carbonyl (C=O) groups is 2. The smallest absolute Gasteiger partial charge is 0.256 e. The fourth-order valence-electron chi connectivity index (χ4n) is 5.96. The van der Waals surface area contributed by atoms with Gasteiger partial charge in [-0.2, -0.15) is 5.10 Å². The van der Waals surface area contributed by atoms with Crippen LogP contribution in [0.25, 0.3) is 28.5 Å². The Morgan fingerprint density at radius 3 is 2.66 bits per heavy atom. The summed E-state index contributed by atoms with van der Waals surface area (Å²) in [5, 5.41) is 14.1. The van der Waals surface area contributed by atoms with E-state index in [-0.39, 0.29) is 17.9 Å². The number of H-pyrrole nitrogens is 1. The molecule has 2 fully saturated rings. The molecular weight excluding hydrogens is 476 g/mol. The second-order valence-electron chi connectivity index (χ2n) is 10.4. The number of carbonyl (C=O) groups excluding carboxylic acids is 2. The number of amides is 2. The van der Waals surface area contributed by atoms with E-state index in [1.807, 2.05) is 85.5 Å². The number of nitrogens with one attached hydrogen (secondary N) is 4. The highest BCUT2D eigenvalue weighted by Crippen LogP contribution is 2.42. The predicted octanol–water partition coefficient (Wildman–Crippen LogP) is 3.92. The molecule has 0 unspecified atom stereocenters. The maximum atomic E-state index is 13.1. The van der Waals surface area contributed by atoms with Gasteiger partial charge >= 0.3 is 0 Å². The van der Waals surface area contributed by atoms with Crippen LogP contribution in [0.3, 0.4) is 0 Å². The van der Waals surface area contributed by atoms with Gasteiger partial charge in [0.05, 0.1) is 23.0 Å². The molecule has 2 amide bonds. The Bertz CT molecular complexity index is 1620. The zero-order valence-electron chi connectivity index (χ0n) is 21.2. The van der Waals surface area contributed by atoms with Crippen LogP contribution in [-0.2, 0) is 4.79 Å². The standard InChI is InChI=1S/C30H28N6O2/c1-16-26(33-17(2)27(16)30(38)35-28-23-13-31-14-24(23)28)11-22-21-10-18(8-9-25(21)34-29(22)37)19-12-32-36(15-19)20-6-4-3-5-7-20/h3-12,15,23-24,28,31,33H,13-14H2,1-2H3,(H,34,37)(H,35,38)/b22-11-/t23-,24+,28+. The van der Waals surface area contributed by atoms with Crippen molar-refractivity contribution in [1.82, 2.24) is 25.4 Å². The third kappa shape index (κ3) is 3.68. The van der Waals surface area contributed by atoms with Crippen molar-refractivity contribution < 1.29 is 9.59 Å². The maximum absolute atomic E-state index is 13.1. The molecule has 0 spiro atoms. The summed E-state index contributed by atoms with van der Waals surface area (Å²) in [6, 6.07) is 16.1. The van der Waals surface area contributed by atoms with E-state index in [0.717, 1.165) is 58.1 Å². The Morgan fingerprint density at radius 2 is 1.87 bits per heavy atom. The van der Waals surface area contributed by atoms with Gasteiger partial charge in [0.15, 0.2) is 0 Å². The fourth-order valence-corrected chi connectivity index (χ4v) is 5.96. The molecule has 0 radical (unpaired) electrons. The van der Waals surface area contributed by atoms with Gasteiger partial charge in [0.25, 0.3) is 11.8 Å². The number of nitrogens with zero attached hydrogens (tertiary/aromatic N) is 2. The van der Waals surface area contributed by atoms with Gasteiger partial charge in [-0.15, -0.1) is 0 Å². The molecule has 2 aromatic heterocycles. The second-order valence-corrected chi connectivity index (χ2v) is 10.4. The van der Waals surface area contributed by atoms with Gasteiger partial charge in [-0.1, -0.05) is 24.3 Å². The fraction of sp³-hybridized carbons (Fsp3) is 0.233. The van der Waals surface area contributed by atoms with Crippen molar-refractivity contribution in [3.63, 3.8) is 0 Å². The Kier molecular flexibility index (Phi) is 5.13. The van der Waals surface area contributed by atoms with Crippen LogP contribution in [0.4, 0.5) is 5.69 Å². The van der Waals surface area contributed by atoms with Gasteiger partial charge in [-0.05, 0) is 67.2 Å². The molecule has 2 aliphatic heterocycles. The predicted molar refractivity (Wildman–Crippen MR) is 147 cm³/mol. The summed E-state index contributed by atoms with van der Waals surface area (Å²) in [4.78, 5) is 29.4. The molecule has 4 aromatic rings. The molecule has 0 bridgehead atoms. The van der Waals surface area contributed by atoms with Crippen molar-refractivity contribution >= 4 is 29.2 Å². The molecule has 190 valence electrons. The SMILES string of the molecule is Cc1[nH]c(/C=C2\C(=O)Nc3ccc(-c4cnn(-c5ccccc5)c4)cc32)c(C)c1C(=O)N[C@H]1[C@@H]2CNC[C@@H]21. The van der Waals surface area contributed by atoms with Crippen molar-refractivity contribution in [2.45, 2.75) is 19.9 Å². The Balaban J connectivity index is 1.19. The summed E-state index contributed by atoms with van der Waals surface area (Å²) >= 11 is 0. The summed E-state index contributed by atoms with van der Waals surface area (Å²) in [5.74, 6) is 0.892. The molecular formula is C30H28N6O2. The summed E-state index contributed by atoms with van der Waals surface area (Å²) in [6.45, 7) is 5.79. The number of fused-ring (bicyclic) bond motifs is 2. The number of aromatic amines is 1. The lowest BCUT2D eigenvalue weighted by molar-refractivity contribution is -0.110. The second kappa shape index (κ2) is 8.56. The van der Waals surface area contributed by atoms with Crippen LogP contribution < -0.4 is 16.0 Å². The first-order valence-electron chi connectivity index (χ1n) is 13.0. The number of hydrogen-bond donors (Lipinski definition) is 4. The topological polar surface area (TPSA) is 104 Å². The van der Waals surface area contributed by atoms with Crippen LogP contribution in [0.2, 0.25) is 0 Å². The molecule has 1 aliphatic carbocycles. The van der Waals surface area contributed by atoms with Crippen LogP contribution in [0.15, 0.2) is 60.9 Å². The monoisotopic (exact) mass is 504 g/mol. The zero-order valence-corrected chi connectivity index (χ0v) is 21.2. The van der Waals surface area contributed by atoms with Gasteiger partial charge in [0, 0.05) is 53.5 Å². The summed E-state index contributed by atoms with van der Waals surface area (Å²) in [7, 11) is 0. The Hall–Kier alpha value is -4.43. The molecule has 38 heavy (non-hydrogen) atoms. The van der Waals surface area contributed by atoms with Crippen LogP contribution in [-0.4, -0.2) is 45.7 Å². The first-order valence-corrected chi connectivity index (χ1v) is 13.0. The number of hydrogen-bond acceptors (Lipinski definition) is 4. The number of anilines is 1. The largest absolute Gasteiger partial charge is 0.358 e. The highest BCUT2D eigenvalue weighted by atomic mass is 16.2. The molecule has 8 heteroatoms. The minimum absolute atomic E-state index is 0.0470. The Morgan fingerprint density at radius 1 is 1.08 bits per heavy atom. The third-order valence-corrected chi connectivity index (χ3v) is 8.12. The lowest BCUT2D eigenvalue weighted by Crippen LogP contribution is -2.33. The van der Waals surface area contributed by atoms with E-state index in [9.17, 15) is 9.59 Å². The maximum Gasteiger partial charge on any atom is 0.256 e. The first kappa shape index (κ1) is 22.7. The van der Waals surface area contributed by atoms with Crippen LogP contribution >= 0.6 is 0 Å². The van der Waals surface area contributed by atoms with Gasteiger partial charge in [0.2, 0.25) is 0 Å². The number of benzene rings is 2. The van der Waals surface area contributed by atoms with Crippen molar-refractivity contribution in [2.24, 2.45) is 11.8 Å². The highest BCUT2D eigenvalue weighted by Gasteiger charge is 2.53. The Labute approximate surface area is 220 Å². The van der Waals surface area contributed by atoms with E-state index in [1.54, 1.807) is 0 Å². The van der Waals surface area contributed by atoms with Gasteiger partial charge < -0.3 is 20.9 Å². The minimum Gasteiger partial charge on any atom is -0.358 e. The lowest BCUT2D eigenvalue weighted by Gasteiger charge is -2.08. The molecule has 4 heterocycles. The van der Waals surface area contributed by atoms with E-state index in [0.29, 0.717) is 23.0 Å². The van der Waals surface area contributed by atoms with E-state index >= 15 is 0 Å². The first-order chi connectivity index (χ1) is 18.5. The molecule has 2 aromatic carbocycles. The van der Waals surface area contributed by atoms with Gasteiger partial charge in [-0.25, -0.2) is 4.68 Å². The van der Waals surface area contributed by atoms with Crippen molar-refractivity contribution in [3.8, 4) is 16.8 Å². The van der Waals surface area contributed by atoms with Crippen molar-refractivity contribution in [2.75, 3.05) is 18.4 Å². The molecule has 3 atom stereocenters. The number of para-hydroxylation sites is 1. The summed E-state index contributed by atoms with van der Waals surface area (Å²) < 4.78 is 1.84. The van der Waals surface area contributed by atoms with Crippen molar-refractivity contribution in [3.05, 3.63) is 89.0 Å². The van der Waals surface area contributed by atoms with E-state index < -0.39 is 0 Å². The van der Waals surface area contributed by atoms with Gasteiger partial charge in [0.1, 0.15) is 0 Å². The van der Waals surface area contributed by atoms with Crippen LogP contribution in [0, 0.1) is 25.7 Å². The number of piperidine rings is 1. The van der Waals surface area contributed by atoms with Crippen LogP contribution in [0.1, 0.15) is 32.9 Å². The summed E-state index contributed by atoms with van der Waals surface area (Å²) in [5.41, 5.74) is 8.16. The minimum atomic E-state index is -0.159. The lowest BCUT2D eigenvalue weighted by atomic mass is 9.99. The zero-order chi connectivity index (χ0) is 26.0. The average molecular weight is 505 g/mol. The third-order valence-electron chi connectivity index (χ3n) is 8.12.